The highest BCUT2D eigenvalue weighted by molar-refractivity contribution is 6.00. The van der Waals surface area contributed by atoms with Crippen molar-refractivity contribution >= 4 is 28.3 Å². The monoisotopic (exact) mass is 474 g/mol. The second-order valence-corrected chi connectivity index (χ2v) is 8.09. The maximum absolute atomic E-state index is 12.3. The first-order valence-corrected chi connectivity index (χ1v) is 11.5. The molecule has 4 rings (SSSR count). The van der Waals surface area contributed by atoms with Gasteiger partial charge in [0.1, 0.15) is 24.2 Å². The Hall–Kier alpha value is -4.01. The number of H-pyrrole nitrogens is 1. The molecule has 0 unspecified atom stereocenters. The molecule has 0 aliphatic carbocycles. The third kappa shape index (κ3) is 6.75. The molecule has 0 fully saturated rings. The van der Waals surface area contributed by atoms with Crippen LogP contribution in [0.5, 0.6) is 11.5 Å². The number of nitrogens with one attached hydrogen (secondary N) is 4. The molecule has 35 heavy (non-hydrogen) atoms. The lowest BCUT2D eigenvalue weighted by Gasteiger charge is -2.14. The zero-order chi connectivity index (χ0) is 24.5. The predicted octanol–water partition coefficient (Wildman–Crippen LogP) is 4.39. The summed E-state index contributed by atoms with van der Waals surface area (Å²) in [5, 5.41) is 20.1. The summed E-state index contributed by atoms with van der Waals surface area (Å²) in [4.78, 5) is 15.4. The molecule has 1 heterocycles. The molecule has 0 aliphatic heterocycles. The fraction of sp³-hybridized carbons (Fsp3) is 0.222. The maximum atomic E-state index is 12.3. The van der Waals surface area contributed by atoms with Gasteiger partial charge >= 0.3 is 6.03 Å². The Labute approximate surface area is 204 Å². The minimum Gasteiger partial charge on any atom is -0.495 e. The minimum atomic E-state index is -0.613. The van der Waals surface area contributed by atoms with Gasteiger partial charge in [0.2, 0.25) is 0 Å². The summed E-state index contributed by atoms with van der Waals surface area (Å²) in [7, 11) is 1.56. The lowest BCUT2D eigenvalue weighted by atomic mass is 10.1. The summed E-state index contributed by atoms with van der Waals surface area (Å²) in [6.45, 7) is 1.37. The third-order valence-electron chi connectivity index (χ3n) is 5.52. The number of aromatic nitrogens is 1. The quantitative estimate of drug-likeness (QED) is 0.207. The largest absolute Gasteiger partial charge is 0.495 e. The molecule has 4 aromatic rings. The van der Waals surface area contributed by atoms with Crippen molar-refractivity contribution in [3.63, 3.8) is 0 Å². The van der Waals surface area contributed by atoms with E-state index in [0.717, 1.165) is 28.6 Å². The van der Waals surface area contributed by atoms with Crippen molar-refractivity contribution in [3.8, 4) is 11.5 Å². The van der Waals surface area contributed by atoms with Crippen molar-refractivity contribution in [2.24, 2.45) is 0 Å². The molecule has 5 N–H and O–H groups in total. The van der Waals surface area contributed by atoms with Crippen LogP contribution < -0.4 is 25.4 Å². The van der Waals surface area contributed by atoms with Gasteiger partial charge in [0.15, 0.2) is 0 Å². The lowest BCUT2D eigenvalue weighted by molar-refractivity contribution is 0.107. The summed E-state index contributed by atoms with van der Waals surface area (Å²) < 4.78 is 11.0. The van der Waals surface area contributed by atoms with E-state index in [1.807, 2.05) is 66.9 Å². The molecule has 182 valence electrons. The number of aliphatic hydroxyl groups excluding tert-OH is 1. The van der Waals surface area contributed by atoms with Crippen LogP contribution in [-0.4, -0.2) is 49.0 Å². The Morgan fingerprint density at radius 1 is 0.971 bits per heavy atom. The first kappa shape index (κ1) is 24.1. The molecule has 8 nitrogen and oxygen atoms in total. The highest BCUT2D eigenvalue weighted by atomic mass is 16.5. The van der Waals surface area contributed by atoms with Crippen LogP contribution >= 0.6 is 0 Å². The summed E-state index contributed by atoms with van der Waals surface area (Å²) in [6.07, 6.45) is 2.05. The lowest BCUT2D eigenvalue weighted by Crippen LogP contribution is -2.32. The highest BCUT2D eigenvalue weighted by Gasteiger charge is 2.09. The number of carbonyl (C=O) groups excluding carboxylic acids is 1. The van der Waals surface area contributed by atoms with Gasteiger partial charge in [0.05, 0.1) is 12.8 Å². The van der Waals surface area contributed by atoms with Gasteiger partial charge in [0, 0.05) is 29.3 Å². The van der Waals surface area contributed by atoms with E-state index < -0.39 is 6.10 Å². The number of hydrogen-bond acceptors (Lipinski definition) is 5. The van der Waals surface area contributed by atoms with E-state index in [9.17, 15) is 9.90 Å². The molecule has 1 aromatic heterocycles. The van der Waals surface area contributed by atoms with Crippen LogP contribution in [0.15, 0.2) is 79.0 Å². The number of urea groups is 1. The maximum Gasteiger partial charge on any atom is 0.323 e. The topological polar surface area (TPSA) is 108 Å². The summed E-state index contributed by atoms with van der Waals surface area (Å²) in [5.74, 6) is 1.35. The van der Waals surface area contributed by atoms with Crippen LogP contribution in [0.1, 0.15) is 5.56 Å². The van der Waals surface area contributed by atoms with Crippen LogP contribution in [0, 0.1) is 0 Å². The Balaban J connectivity index is 1.15. The summed E-state index contributed by atoms with van der Waals surface area (Å²) in [5.41, 5.74) is 3.43. The van der Waals surface area contributed by atoms with Gasteiger partial charge in [-0.25, -0.2) is 4.79 Å². The number of aliphatic hydroxyl groups is 1. The van der Waals surface area contributed by atoms with E-state index in [-0.39, 0.29) is 12.6 Å². The van der Waals surface area contributed by atoms with E-state index in [2.05, 4.69) is 20.9 Å². The van der Waals surface area contributed by atoms with Gasteiger partial charge < -0.3 is 35.5 Å². The average molecular weight is 475 g/mol. The van der Waals surface area contributed by atoms with Crippen molar-refractivity contribution in [2.75, 3.05) is 37.4 Å². The molecule has 0 spiro atoms. The molecule has 3 aromatic carbocycles. The molecular weight excluding hydrogens is 444 g/mol. The zero-order valence-electron chi connectivity index (χ0n) is 19.6. The fourth-order valence-electron chi connectivity index (χ4n) is 3.72. The second-order valence-electron chi connectivity index (χ2n) is 8.09. The van der Waals surface area contributed by atoms with E-state index in [1.165, 1.54) is 0 Å². The molecule has 2 amide bonds. The van der Waals surface area contributed by atoms with Crippen LogP contribution in [0.3, 0.4) is 0 Å². The van der Waals surface area contributed by atoms with Crippen molar-refractivity contribution in [1.29, 1.82) is 0 Å². The number of hydrogen-bond donors (Lipinski definition) is 5. The molecule has 1 atom stereocenters. The van der Waals surface area contributed by atoms with Crippen molar-refractivity contribution in [2.45, 2.75) is 12.5 Å². The van der Waals surface area contributed by atoms with Gasteiger partial charge in [-0.3, -0.25) is 0 Å². The normalized spacial score (nSPS) is 11.7. The first-order valence-electron chi connectivity index (χ1n) is 11.5. The van der Waals surface area contributed by atoms with Crippen LogP contribution in [0.2, 0.25) is 0 Å². The van der Waals surface area contributed by atoms with Crippen molar-refractivity contribution in [3.05, 3.63) is 84.6 Å². The third-order valence-corrected chi connectivity index (χ3v) is 5.52. The van der Waals surface area contributed by atoms with E-state index in [0.29, 0.717) is 30.2 Å². The number of methoxy groups -OCH3 is 1. The van der Waals surface area contributed by atoms with Gasteiger partial charge in [-0.2, -0.15) is 0 Å². The van der Waals surface area contributed by atoms with Crippen molar-refractivity contribution in [1.82, 2.24) is 10.3 Å². The fourth-order valence-corrected chi connectivity index (χ4v) is 3.72. The SMILES string of the molecule is COc1ccccc1NC(=O)Nc1ccc(CCNC[C@H](O)COc2cccc3[nH]ccc23)cc1. The number of para-hydroxylation sites is 2. The molecule has 0 saturated carbocycles. The molecule has 0 saturated heterocycles. The van der Waals surface area contributed by atoms with E-state index in [4.69, 9.17) is 9.47 Å². The number of aromatic amines is 1. The smallest absolute Gasteiger partial charge is 0.323 e. The first-order chi connectivity index (χ1) is 17.1. The van der Waals surface area contributed by atoms with Gasteiger partial charge in [-0.05, 0) is 61.0 Å². The summed E-state index contributed by atoms with van der Waals surface area (Å²) >= 11 is 0. The number of amides is 2. The highest BCUT2D eigenvalue weighted by Crippen LogP contribution is 2.25. The molecular formula is C27H30N4O4. The Morgan fingerprint density at radius 3 is 2.60 bits per heavy atom. The number of benzene rings is 3. The van der Waals surface area contributed by atoms with E-state index >= 15 is 0 Å². The standard InChI is InChI=1S/C27H30N4O4/c1-34-26-7-3-2-5-24(26)31-27(33)30-20-11-9-19(10-12-20)13-15-28-17-21(32)18-35-25-8-4-6-23-22(25)14-16-29-23/h2-12,14,16,21,28-29,32H,13,15,17-18H2,1H3,(H2,30,31,33)/t21-/m0/s1. The molecule has 0 bridgehead atoms. The molecule has 0 aliphatic rings. The molecule has 8 heteroatoms. The Morgan fingerprint density at radius 2 is 1.77 bits per heavy atom. The number of anilines is 2. The summed E-state index contributed by atoms with van der Waals surface area (Å²) in [6, 6.07) is 22.3. The van der Waals surface area contributed by atoms with E-state index in [1.54, 1.807) is 19.2 Å². The Kier molecular flexibility index (Phi) is 8.21. The molecule has 0 radical (unpaired) electrons. The predicted molar refractivity (Wildman–Crippen MR) is 138 cm³/mol. The van der Waals surface area contributed by atoms with Crippen LogP contribution in [-0.2, 0) is 6.42 Å². The average Bonchev–Trinajstić information content (AvgIpc) is 3.36. The number of rotatable bonds is 11. The Bertz CT molecular complexity index is 1240. The number of fused-ring (bicyclic) bond motifs is 1. The van der Waals surface area contributed by atoms with Gasteiger partial charge in [0.25, 0.3) is 0 Å². The number of carbonyl (C=O) groups is 1. The van der Waals surface area contributed by atoms with Crippen LogP contribution in [0.25, 0.3) is 10.9 Å². The second kappa shape index (κ2) is 11.9. The minimum absolute atomic E-state index is 0.217. The van der Waals surface area contributed by atoms with Gasteiger partial charge in [-0.15, -0.1) is 0 Å². The van der Waals surface area contributed by atoms with Crippen molar-refractivity contribution < 1.29 is 19.4 Å². The van der Waals surface area contributed by atoms with Gasteiger partial charge in [-0.1, -0.05) is 30.3 Å². The zero-order valence-corrected chi connectivity index (χ0v) is 19.6. The number of ether oxygens (including phenoxy) is 2. The van der Waals surface area contributed by atoms with Crippen LogP contribution in [0.4, 0.5) is 16.2 Å².